The number of nitrogens with zero attached hydrogens (tertiary/aromatic N) is 1. The fourth-order valence-corrected chi connectivity index (χ4v) is 4.44. The van der Waals surface area contributed by atoms with E-state index in [0.717, 1.165) is 6.07 Å². The van der Waals surface area contributed by atoms with Crippen molar-refractivity contribution >= 4 is 22.4 Å². The van der Waals surface area contributed by atoms with Gasteiger partial charge in [-0.2, -0.15) is 17.5 Å². The summed E-state index contributed by atoms with van der Waals surface area (Å²) in [6.07, 6.45) is -4.56. The first-order valence-corrected chi connectivity index (χ1v) is 8.59. The van der Waals surface area contributed by atoms with Crippen LogP contribution in [-0.2, 0) is 22.0 Å². The Bertz CT molecular complexity index is 627. The van der Waals surface area contributed by atoms with Crippen LogP contribution in [0.5, 0.6) is 0 Å². The molecular formula is C14H20ClF3N2O2S. The molecule has 1 saturated heterocycles. The molecule has 1 aliphatic rings. The minimum absolute atomic E-state index is 0. The second kappa shape index (κ2) is 7.38. The lowest BCUT2D eigenvalue weighted by Crippen LogP contribution is -2.55. The monoisotopic (exact) mass is 372 g/mol. The Morgan fingerprint density at radius 2 is 1.70 bits per heavy atom. The molecule has 1 aromatic carbocycles. The van der Waals surface area contributed by atoms with E-state index in [2.05, 4.69) is 5.32 Å². The fraction of sp³-hybridized carbons (Fsp3) is 0.571. The number of alkyl halides is 3. The van der Waals surface area contributed by atoms with Crippen LogP contribution in [0, 0.1) is 0 Å². The van der Waals surface area contributed by atoms with Crippen molar-refractivity contribution in [3.8, 4) is 0 Å². The van der Waals surface area contributed by atoms with E-state index in [0.29, 0.717) is 0 Å². The van der Waals surface area contributed by atoms with Crippen LogP contribution in [0.15, 0.2) is 24.3 Å². The molecule has 0 aliphatic carbocycles. The Hall–Kier alpha value is -0.830. The van der Waals surface area contributed by atoms with E-state index in [-0.39, 0.29) is 43.1 Å². The smallest absolute Gasteiger partial charge is 0.309 e. The van der Waals surface area contributed by atoms with Gasteiger partial charge in [-0.1, -0.05) is 18.2 Å². The standard InChI is InChI=1S/C14H19F3N2O2S.ClH/c1-10-7-19(8-11(2)18-10)22(20,21)9-12-5-3-4-6-13(12)14(15,16)17;/h3-6,10-11,18H,7-9H2,1-2H3;1H. The van der Waals surface area contributed by atoms with Gasteiger partial charge in [-0.05, 0) is 25.5 Å². The predicted octanol–water partition coefficient (Wildman–Crippen LogP) is 2.64. The lowest BCUT2D eigenvalue weighted by molar-refractivity contribution is -0.138. The zero-order valence-corrected chi connectivity index (χ0v) is 14.4. The number of sulfonamides is 1. The van der Waals surface area contributed by atoms with Gasteiger partial charge in [-0.3, -0.25) is 0 Å². The second-order valence-corrected chi connectivity index (χ2v) is 7.67. The first-order chi connectivity index (χ1) is 10.1. The van der Waals surface area contributed by atoms with E-state index in [1.54, 1.807) is 0 Å². The Morgan fingerprint density at radius 1 is 1.17 bits per heavy atom. The van der Waals surface area contributed by atoms with Gasteiger partial charge in [0.15, 0.2) is 0 Å². The Balaban J connectivity index is 0.00000264. The molecular weight excluding hydrogens is 353 g/mol. The molecule has 0 bridgehead atoms. The van der Waals surface area contributed by atoms with Gasteiger partial charge in [0.2, 0.25) is 10.0 Å². The minimum atomic E-state index is -4.56. The highest BCUT2D eigenvalue weighted by molar-refractivity contribution is 7.88. The van der Waals surface area contributed by atoms with Gasteiger partial charge in [0.1, 0.15) is 0 Å². The molecule has 2 atom stereocenters. The van der Waals surface area contributed by atoms with Crippen LogP contribution in [-0.4, -0.2) is 37.9 Å². The van der Waals surface area contributed by atoms with Crippen LogP contribution in [0.2, 0.25) is 0 Å². The Kier molecular flexibility index (Phi) is 6.48. The van der Waals surface area contributed by atoms with Gasteiger partial charge in [-0.15, -0.1) is 12.4 Å². The summed E-state index contributed by atoms with van der Waals surface area (Å²) in [5.74, 6) is -0.637. The van der Waals surface area contributed by atoms with Gasteiger partial charge in [-0.25, -0.2) is 8.42 Å². The van der Waals surface area contributed by atoms with Crippen molar-refractivity contribution in [2.45, 2.75) is 37.9 Å². The molecule has 23 heavy (non-hydrogen) atoms. The van der Waals surface area contributed by atoms with Crippen LogP contribution in [0.1, 0.15) is 25.0 Å². The average Bonchev–Trinajstić information content (AvgIpc) is 2.36. The molecule has 9 heteroatoms. The first-order valence-electron chi connectivity index (χ1n) is 6.98. The normalized spacial score (nSPS) is 23.3. The third-order valence-electron chi connectivity index (χ3n) is 3.58. The molecule has 1 heterocycles. The molecule has 1 fully saturated rings. The lowest BCUT2D eigenvalue weighted by Gasteiger charge is -2.35. The third-order valence-corrected chi connectivity index (χ3v) is 5.34. The molecule has 0 saturated carbocycles. The Morgan fingerprint density at radius 3 is 2.22 bits per heavy atom. The van der Waals surface area contributed by atoms with E-state index in [4.69, 9.17) is 0 Å². The predicted molar refractivity (Wildman–Crippen MR) is 84.9 cm³/mol. The fourth-order valence-electron chi connectivity index (χ4n) is 2.71. The number of rotatable bonds is 3. The quantitative estimate of drug-likeness (QED) is 0.887. The SMILES string of the molecule is CC1CN(S(=O)(=O)Cc2ccccc2C(F)(F)F)CC(C)N1.Cl. The van der Waals surface area contributed by atoms with Crippen LogP contribution in [0.3, 0.4) is 0 Å². The Labute approximate surface area is 140 Å². The molecule has 0 aromatic heterocycles. The van der Waals surface area contributed by atoms with Crippen LogP contribution >= 0.6 is 12.4 Å². The first kappa shape index (κ1) is 20.2. The zero-order chi connectivity index (χ0) is 16.5. The van der Waals surface area contributed by atoms with Crippen molar-refractivity contribution in [3.05, 3.63) is 35.4 Å². The minimum Gasteiger partial charge on any atom is -0.309 e. The largest absolute Gasteiger partial charge is 0.416 e. The van der Waals surface area contributed by atoms with E-state index in [1.165, 1.54) is 22.5 Å². The van der Waals surface area contributed by atoms with Crippen LogP contribution < -0.4 is 5.32 Å². The van der Waals surface area contributed by atoms with Gasteiger partial charge in [0.05, 0.1) is 11.3 Å². The summed E-state index contributed by atoms with van der Waals surface area (Å²) in [5.41, 5.74) is -1.11. The van der Waals surface area contributed by atoms with Gasteiger partial charge in [0.25, 0.3) is 0 Å². The van der Waals surface area contributed by atoms with Crippen molar-refractivity contribution in [2.75, 3.05) is 13.1 Å². The lowest BCUT2D eigenvalue weighted by atomic mass is 10.1. The molecule has 0 radical (unpaired) electrons. The van der Waals surface area contributed by atoms with Crippen molar-refractivity contribution in [1.82, 2.24) is 9.62 Å². The highest BCUT2D eigenvalue weighted by atomic mass is 35.5. The van der Waals surface area contributed by atoms with E-state index < -0.39 is 27.5 Å². The molecule has 4 nitrogen and oxygen atoms in total. The number of hydrogen-bond donors (Lipinski definition) is 1. The maximum absolute atomic E-state index is 13.0. The van der Waals surface area contributed by atoms with E-state index in [1.807, 2.05) is 13.8 Å². The third kappa shape index (κ3) is 5.07. The van der Waals surface area contributed by atoms with Crippen LogP contribution in [0.4, 0.5) is 13.2 Å². The van der Waals surface area contributed by atoms with E-state index >= 15 is 0 Å². The summed E-state index contributed by atoms with van der Waals surface area (Å²) in [4.78, 5) is 0. The number of benzene rings is 1. The summed E-state index contributed by atoms with van der Waals surface area (Å²) in [7, 11) is -3.79. The van der Waals surface area contributed by atoms with Crippen molar-refractivity contribution in [3.63, 3.8) is 0 Å². The summed E-state index contributed by atoms with van der Waals surface area (Å²) in [5, 5.41) is 3.19. The van der Waals surface area contributed by atoms with E-state index in [9.17, 15) is 21.6 Å². The van der Waals surface area contributed by atoms with Crippen LogP contribution in [0.25, 0.3) is 0 Å². The molecule has 132 valence electrons. The highest BCUT2D eigenvalue weighted by Gasteiger charge is 2.36. The average molecular weight is 373 g/mol. The summed E-state index contributed by atoms with van der Waals surface area (Å²) in [6.45, 7) is 4.23. The summed E-state index contributed by atoms with van der Waals surface area (Å²) >= 11 is 0. The van der Waals surface area contributed by atoms with Crippen molar-refractivity contribution in [1.29, 1.82) is 0 Å². The number of piperazine rings is 1. The zero-order valence-electron chi connectivity index (χ0n) is 12.8. The molecule has 0 amide bonds. The van der Waals surface area contributed by atoms with Crippen molar-refractivity contribution < 1.29 is 21.6 Å². The molecule has 2 unspecified atom stereocenters. The van der Waals surface area contributed by atoms with Crippen molar-refractivity contribution in [2.24, 2.45) is 0 Å². The van der Waals surface area contributed by atoms with Gasteiger partial charge >= 0.3 is 6.18 Å². The number of nitrogens with one attached hydrogen (secondary N) is 1. The molecule has 2 rings (SSSR count). The molecule has 1 N–H and O–H groups in total. The topological polar surface area (TPSA) is 49.4 Å². The second-order valence-electron chi connectivity index (χ2n) is 5.70. The molecule has 1 aromatic rings. The molecule has 1 aliphatic heterocycles. The highest BCUT2D eigenvalue weighted by Crippen LogP contribution is 2.33. The summed E-state index contributed by atoms with van der Waals surface area (Å²) < 4.78 is 65.1. The van der Waals surface area contributed by atoms with Gasteiger partial charge < -0.3 is 5.32 Å². The number of halogens is 4. The maximum atomic E-state index is 13.0. The molecule has 0 spiro atoms. The number of hydrogen-bond acceptors (Lipinski definition) is 3. The maximum Gasteiger partial charge on any atom is 0.416 e. The van der Waals surface area contributed by atoms with Gasteiger partial charge in [0, 0.05) is 25.2 Å². The summed E-state index contributed by atoms with van der Waals surface area (Å²) in [6, 6.07) is 4.74.